The Hall–Kier alpha value is -3.62. The summed E-state index contributed by atoms with van der Waals surface area (Å²) in [6.45, 7) is -0.323. The standard InChI is InChI=1S/C34H37F3N2O4/c1-21(18-35)23-8-10-25(11-9-23)32(41)38-14-13-27(24-5-3-2-4-6-24)31(38)30(40)16-22-7-12-28-26(15-22)17-29-33(42)43-34(19-36,20-37)39(28)29/h2-7,12,15,17,21,23,25,27,31H,8-11,13-14,16,18-20H2,1H3/t21-,23?,25?,27-,31+/m1/s1. The van der Waals surface area contributed by atoms with Gasteiger partial charge in [0.05, 0.1) is 18.2 Å². The summed E-state index contributed by atoms with van der Waals surface area (Å²) in [6, 6.07) is 15.9. The van der Waals surface area contributed by atoms with E-state index in [-0.39, 0.29) is 54.2 Å². The lowest BCUT2D eigenvalue weighted by molar-refractivity contribution is -0.142. The van der Waals surface area contributed by atoms with Crippen molar-refractivity contribution in [2.24, 2.45) is 17.8 Å². The van der Waals surface area contributed by atoms with Crippen molar-refractivity contribution in [3.63, 3.8) is 0 Å². The van der Waals surface area contributed by atoms with E-state index in [0.717, 1.165) is 18.4 Å². The molecule has 9 heteroatoms. The summed E-state index contributed by atoms with van der Waals surface area (Å²) < 4.78 is 47.3. The molecule has 3 atom stereocenters. The molecule has 0 N–H and O–H groups in total. The maximum absolute atomic E-state index is 14.1. The third-order valence-corrected chi connectivity index (χ3v) is 9.97. The van der Waals surface area contributed by atoms with Gasteiger partial charge in [0, 0.05) is 30.2 Å². The zero-order valence-electron chi connectivity index (χ0n) is 24.3. The molecule has 228 valence electrons. The van der Waals surface area contributed by atoms with E-state index in [0.29, 0.717) is 42.3 Å². The molecule has 3 aliphatic rings. The van der Waals surface area contributed by atoms with Crippen LogP contribution in [0.4, 0.5) is 13.2 Å². The monoisotopic (exact) mass is 594 g/mol. The average Bonchev–Trinajstić information content (AvgIpc) is 3.73. The number of ketones is 1. The van der Waals surface area contributed by atoms with E-state index in [1.165, 1.54) is 10.6 Å². The Labute approximate surface area is 249 Å². The molecule has 0 radical (unpaired) electrons. The highest BCUT2D eigenvalue weighted by Gasteiger charge is 2.48. The zero-order chi connectivity index (χ0) is 30.3. The summed E-state index contributed by atoms with van der Waals surface area (Å²) in [7, 11) is 0. The van der Waals surface area contributed by atoms with E-state index in [1.807, 2.05) is 37.3 Å². The number of cyclic esters (lactones) is 1. The van der Waals surface area contributed by atoms with Gasteiger partial charge in [0.2, 0.25) is 11.6 Å². The second-order valence-electron chi connectivity index (χ2n) is 12.5. The van der Waals surface area contributed by atoms with E-state index < -0.39 is 31.1 Å². The summed E-state index contributed by atoms with van der Waals surface area (Å²) in [5.74, 6) is -0.875. The first-order valence-corrected chi connectivity index (χ1v) is 15.2. The summed E-state index contributed by atoms with van der Waals surface area (Å²) in [5, 5.41) is 0.585. The summed E-state index contributed by atoms with van der Waals surface area (Å²) in [4.78, 5) is 42.1. The molecule has 0 spiro atoms. The topological polar surface area (TPSA) is 68.6 Å². The van der Waals surface area contributed by atoms with Gasteiger partial charge < -0.3 is 9.64 Å². The van der Waals surface area contributed by atoms with Crippen molar-refractivity contribution in [3.05, 3.63) is 71.4 Å². The largest absolute Gasteiger partial charge is 0.428 e. The van der Waals surface area contributed by atoms with Gasteiger partial charge in [0.15, 0.2) is 19.1 Å². The number of ether oxygens (including phenoxy) is 1. The summed E-state index contributed by atoms with van der Waals surface area (Å²) in [5.41, 5.74) is 0.213. The Balaban J connectivity index is 1.26. The molecule has 3 heterocycles. The number of nitrogens with zero attached hydrogens (tertiary/aromatic N) is 2. The SMILES string of the molecule is C[C@H](CF)C1CCC(C(=O)N2CC[C@H](c3ccccc3)[C@H]2C(=O)Cc2ccc3c(c2)cc2n3C(CF)(CF)OC2=O)CC1. The van der Waals surface area contributed by atoms with Crippen LogP contribution in [0, 0.1) is 17.8 Å². The number of aromatic nitrogens is 1. The van der Waals surface area contributed by atoms with Crippen molar-refractivity contribution in [3.8, 4) is 0 Å². The molecule has 2 fully saturated rings. The number of halogens is 3. The fourth-order valence-electron chi connectivity index (χ4n) is 7.53. The second kappa shape index (κ2) is 11.8. The first-order valence-electron chi connectivity index (χ1n) is 15.2. The van der Waals surface area contributed by atoms with Crippen molar-refractivity contribution < 1.29 is 32.3 Å². The molecule has 43 heavy (non-hydrogen) atoms. The van der Waals surface area contributed by atoms with Gasteiger partial charge in [-0.1, -0.05) is 43.3 Å². The molecular weight excluding hydrogens is 557 g/mol. The number of fused-ring (bicyclic) bond motifs is 3. The number of hydrogen-bond acceptors (Lipinski definition) is 4. The van der Waals surface area contributed by atoms with Crippen LogP contribution in [-0.4, -0.2) is 59.7 Å². The van der Waals surface area contributed by atoms with Crippen molar-refractivity contribution in [2.75, 3.05) is 26.6 Å². The molecule has 3 aromatic rings. The quantitative estimate of drug-likeness (QED) is 0.272. The number of hydrogen-bond donors (Lipinski definition) is 0. The summed E-state index contributed by atoms with van der Waals surface area (Å²) in [6.07, 6.45) is 3.80. The van der Waals surface area contributed by atoms with Crippen molar-refractivity contribution in [1.82, 2.24) is 9.47 Å². The molecule has 1 saturated carbocycles. The molecule has 2 aromatic carbocycles. The smallest absolute Gasteiger partial charge is 0.357 e. The molecule has 1 amide bonds. The van der Waals surface area contributed by atoms with Crippen LogP contribution in [-0.2, 0) is 26.5 Å². The van der Waals surface area contributed by atoms with E-state index in [1.54, 1.807) is 23.1 Å². The molecule has 0 bridgehead atoms. The Kier molecular flexibility index (Phi) is 8.09. The highest BCUT2D eigenvalue weighted by Crippen LogP contribution is 2.40. The predicted octanol–water partition coefficient (Wildman–Crippen LogP) is 6.31. The molecule has 1 aromatic heterocycles. The fourth-order valence-corrected chi connectivity index (χ4v) is 7.53. The van der Waals surface area contributed by atoms with Crippen LogP contribution >= 0.6 is 0 Å². The number of carbonyl (C=O) groups is 3. The van der Waals surface area contributed by atoms with Crippen LogP contribution in [0.15, 0.2) is 54.6 Å². The van der Waals surface area contributed by atoms with Gasteiger partial charge in [0.1, 0.15) is 5.69 Å². The fraction of sp³-hybridized carbons (Fsp3) is 0.500. The molecular formula is C34H37F3N2O4. The number of Topliss-reactive ketones (excluding diaryl/α,β-unsaturated/α-hetero) is 1. The van der Waals surface area contributed by atoms with E-state index in [9.17, 15) is 27.6 Å². The normalized spacial score (nSPS) is 25.5. The minimum absolute atomic E-state index is 0.00465. The molecule has 1 aliphatic carbocycles. The molecule has 0 unspecified atom stereocenters. The maximum Gasteiger partial charge on any atom is 0.357 e. The Bertz CT molecular complexity index is 1510. The van der Waals surface area contributed by atoms with E-state index in [4.69, 9.17) is 4.74 Å². The van der Waals surface area contributed by atoms with Gasteiger partial charge in [-0.3, -0.25) is 18.5 Å². The Morgan fingerprint density at radius 1 is 0.977 bits per heavy atom. The second-order valence-corrected chi connectivity index (χ2v) is 12.5. The molecule has 2 aliphatic heterocycles. The molecule has 1 saturated heterocycles. The lowest BCUT2D eigenvalue weighted by atomic mass is 9.76. The number of carbonyl (C=O) groups excluding carboxylic acids is 3. The lowest BCUT2D eigenvalue weighted by Gasteiger charge is -2.35. The Morgan fingerprint density at radius 2 is 1.70 bits per heavy atom. The van der Waals surface area contributed by atoms with E-state index >= 15 is 0 Å². The lowest BCUT2D eigenvalue weighted by Crippen LogP contribution is -2.46. The average molecular weight is 595 g/mol. The van der Waals surface area contributed by atoms with Gasteiger partial charge >= 0.3 is 5.97 Å². The third kappa shape index (κ3) is 5.14. The predicted molar refractivity (Wildman–Crippen MR) is 156 cm³/mol. The third-order valence-electron chi connectivity index (χ3n) is 9.97. The number of benzene rings is 2. The van der Waals surface area contributed by atoms with Crippen molar-refractivity contribution >= 4 is 28.6 Å². The number of esters is 1. The van der Waals surface area contributed by atoms with Crippen molar-refractivity contribution in [1.29, 1.82) is 0 Å². The van der Waals surface area contributed by atoms with E-state index in [2.05, 4.69) is 0 Å². The van der Waals surface area contributed by atoms with Crippen LogP contribution in [0.2, 0.25) is 0 Å². The Morgan fingerprint density at radius 3 is 2.37 bits per heavy atom. The number of alkyl halides is 3. The number of rotatable bonds is 9. The number of amides is 1. The maximum atomic E-state index is 14.1. The van der Waals surface area contributed by atoms with Crippen LogP contribution in [0.25, 0.3) is 10.9 Å². The van der Waals surface area contributed by atoms with Gasteiger partial charge in [-0.25, -0.2) is 13.6 Å². The first-order chi connectivity index (χ1) is 20.8. The first kappa shape index (κ1) is 29.5. The van der Waals surface area contributed by atoms with Gasteiger partial charge in [-0.05, 0) is 73.3 Å². The van der Waals surface area contributed by atoms with Crippen LogP contribution < -0.4 is 0 Å². The summed E-state index contributed by atoms with van der Waals surface area (Å²) >= 11 is 0. The van der Waals surface area contributed by atoms with Gasteiger partial charge in [0.25, 0.3) is 0 Å². The number of likely N-dealkylation sites (tertiary alicyclic amines) is 1. The van der Waals surface area contributed by atoms with Gasteiger partial charge in [-0.2, -0.15) is 0 Å². The van der Waals surface area contributed by atoms with Crippen LogP contribution in [0.1, 0.15) is 66.6 Å². The minimum Gasteiger partial charge on any atom is -0.428 e. The van der Waals surface area contributed by atoms with Crippen molar-refractivity contribution in [2.45, 2.75) is 63.1 Å². The minimum atomic E-state index is -2.01. The van der Waals surface area contributed by atoms with Gasteiger partial charge in [-0.15, -0.1) is 0 Å². The highest BCUT2D eigenvalue weighted by molar-refractivity contribution is 5.99. The van der Waals surface area contributed by atoms with Crippen LogP contribution in [0.3, 0.4) is 0 Å². The zero-order valence-corrected chi connectivity index (χ0v) is 24.3. The highest BCUT2D eigenvalue weighted by atomic mass is 19.1. The molecule has 6 nitrogen and oxygen atoms in total. The molecule has 6 rings (SSSR count). The van der Waals surface area contributed by atoms with Crippen LogP contribution in [0.5, 0.6) is 0 Å².